The zero-order chi connectivity index (χ0) is 14.1. The number of allylic oxidation sites excluding steroid dienone is 1. The predicted octanol–water partition coefficient (Wildman–Crippen LogP) is 3.84. The van der Waals surface area contributed by atoms with Crippen LogP contribution in [-0.2, 0) is 4.74 Å². The molecule has 0 atom stereocenters. The zero-order valence-electron chi connectivity index (χ0n) is 10.3. The van der Waals surface area contributed by atoms with Crippen molar-refractivity contribution in [3.8, 4) is 0 Å². The largest absolute Gasteiger partial charge is 0.422 e. The fraction of sp³-hybridized carbons (Fsp3) is 0. The van der Waals surface area contributed by atoms with E-state index in [0.717, 1.165) is 4.47 Å². The van der Waals surface area contributed by atoms with Gasteiger partial charge in [-0.15, -0.1) is 0 Å². The van der Waals surface area contributed by atoms with E-state index in [-0.39, 0.29) is 5.78 Å². The second kappa shape index (κ2) is 5.06. The summed E-state index contributed by atoms with van der Waals surface area (Å²) in [5.41, 5.74) is 1.69. The molecule has 0 saturated heterocycles. The molecule has 2 aromatic carbocycles. The molecule has 20 heavy (non-hydrogen) atoms. The SMILES string of the molecule is O=C(C=C1OC(=O)c2ccccc21)c1ccc(Br)cc1. The zero-order valence-corrected chi connectivity index (χ0v) is 11.9. The maximum atomic E-state index is 12.1. The lowest BCUT2D eigenvalue weighted by molar-refractivity contribution is 0.0715. The van der Waals surface area contributed by atoms with Crippen molar-refractivity contribution in [2.45, 2.75) is 0 Å². The van der Waals surface area contributed by atoms with Crippen molar-refractivity contribution in [1.82, 2.24) is 0 Å². The minimum atomic E-state index is -0.421. The molecule has 3 rings (SSSR count). The van der Waals surface area contributed by atoms with Crippen LogP contribution in [0.25, 0.3) is 5.76 Å². The summed E-state index contributed by atoms with van der Waals surface area (Å²) in [5.74, 6) is -0.314. The van der Waals surface area contributed by atoms with Crippen LogP contribution in [0.15, 0.2) is 59.1 Å². The molecule has 2 aromatic rings. The Morgan fingerprint density at radius 2 is 1.65 bits per heavy atom. The molecule has 3 nitrogen and oxygen atoms in total. The highest BCUT2D eigenvalue weighted by Crippen LogP contribution is 2.29. The molecule has 0 amide bonds. The third-order valence-corrected chi connectivity index (χ3v) is 3.53. The van der Waals surface area contributed by atoms with Gasteiger partial charge in [-0.25, -0.2) is 4.79 Å². The molecule has 98 valence electrons. The summed E-state index contributed by atoms with van der Waals surface area (Å²) in [6.07, 6.45) is 1.35. The van der Waals surface area contributed by atoms with Crippen LogP contribution < -0.4 is 0 Å². The molecule has 0 saturated carbocycles. The first-order valence-corrected chi connectivity index (χ1v) is 6.77. The fourth-order valence-electron chi connectivity index (χ4n) is 2.01. The molecule has 0 aliphatic carbocycles. The summed E-state index contributed by atoms with van der Waals surface area (Å²) in [6.45, 7) is 0. The fourth-order valence-corrected chi connectivity index (χ4v) is 2.27. The molecule has 0 spiro atoms. The van der Waals surface area contributed by atoms with Crippen LogP contribution in [0.1, 0.15) is 26.3 Å². The van der Waals surface area contributed by atoms with Gasteiger partial charge in [0, 0.05) is 21.7 Å². The number of carbonyl (C=O) groups is 2. The number of halogens is 1. The Morgan fingerprint density at radius 3 is 2.35 bits per heavy atom. The summed E-state index contributed by atoms with van der Waals surface area (Å²) < 4.78 is 6.04. The average molecular weight is 329 g/mol. The molecular weight excluding hydrogens is 320 g/mol. The molecule has 1 heterocycles. The van der Waals surface area contributed by atoms with Gasteiger partial charge >= 0.3 is 5.97 Å². The standard InChI is InChI=1S/C16H9BrO3/c17-11-7-5-10(6-8-11)14(18)9-15-12-3-1-2-4-13(12)16(19)20-15/h1-9H. The monoisotopic (exact) mass is 328 g/mol. The Morgan fingerprint density at radius 1 is 1.00 bits per heavy atom. The number of hydrogen-bond donors (Lipinski definition) is 0. The van der Waals surface area contributed by atoms with E-state index in [9.17, 15) is 9.59 Å². The summed E-state index contributed by atoms with van der Waals surface area (Å²) in [7, 11) is 0. The van der Waals surface area contributed by atoms with E-state index in [0.29, 0.717) is 22.4 Å². The average Bonchev–Trinajstić information content (AvgIpc) is 2.77. The van der Waals surface area contributed by atoms with Crippen molar-refractivity contribution in [1.29, 1.82) is 0 Å². The Labute approximate surface area is 124 Å². The Hall–Kier alpha value is -2.20. The van der Waals surface area contributed by atoms with Gasteiger partial charge in [-0.1, -0.05) is 34.1 Å². The molecule has 0 radical (unpaired) electrons. The molecule has 0 aromatic heterocycles. The summed E-state index contributed by atoms with van der Waals surface area (Å²) in [6, 6.07) is 14.0. The maximum Gasteiger partial charge on any atom is 0.344 e. The van der Waals surface area contributed by atoms with Gasteiger partial charge in [0.2, 0.25) is 0 Å². The first-order valence-electron chi connectivity index (χ1n) is 5.98. The number of ether oxygens (including phenoxy) is 1. The van der Waals surface area contributed by atoms with Gasteiger partial charge in [0.05, 0.1) is 5.56 Å². The Balaban J connectivity index is 1.96. The van der Waals surface area contributed by atoms with Crippen molar-refractivity contribution in [3.05, 3.63) is 75.8 Å². The quantitative estimate of drug-likeness (QED) is 0.478. The van der Waals surface area contributed by atoms with Crippen molar-refractivity contribution in [2.24, 2.45) is 0 Å². The number of benzene rings is 2. The van der Waals surface area contributed by atoms with Crippen LogP contribution in [0, 0.1) is 0 Å². The Kier molecular flexibility index (Phi) is 3.24. The van der Waals surface area contributed by atoms with E-state index >= 15 is 0 Å². The van der Waals surface area contributed by atoms with Crippen molar-refractivity contribution in [3.63, 3.8) is 0 Å². The van der Waals surface area contributed by atoms with Gasteiger partial charge in [-0.2, -0.15) is 0 Å². The van der Waals surface area contributed by atoms with E-state index in [2.05, 4.69) is 15.9 Å². The molecular formula is C16H9BrO3. The van der Waals surface area contributed by atoms with Gasteiger partial charge in [0.1, 0.15) is 5.76 Å². The van der Waals surface area contributed by atoms with Gasteiger partial charge in [-0.3, -0.25) is 4.79 Å². The lowest BCUT2D eigenvalue weighted by Crippen LogP contribution is -1.96. The number of carbonyl (C=O) groups excluding carboxylic acids is 2. The first-order chi connectivity index (χ1) is 9.65. The van der Waals surface area contributed by atoms with E-state index < -0.39 is 5.97 Å². The molecule has 0 N–H and O–H groups in total. The van der Waals surface area contributed by atoms with E-state index in [1.54, 1.807) is 48.5 Å². The minimum absolute atomic E-state index is 0.197. The van der Waals surface area contributed by atoms with E-state index in [1.165, 1.54) is 6.08 Å². The van der Waals surface area contributed by atoms with Crippen LogP contribution in [0.5, 0.6) is 0 Å². The molecule has 4 heteroatoms. The minimum Gasteiger partial charge on any atom is -0.422 e. The number of ketones is 1. The number of fused-ring (bicyclic) bond motifs is 1. The van der Waals surface area contributed by atoms with Crippen molar-refractivity contribution in [2.75, 3.05) is 0 Å². The predicted molar refractivity (Wildman–Crippen MR) is 78.3 cm³/mol. The highest BCUT2D eigenvalue weighted by Gasteiger charge is 2.26. The molecule has 0 unspecified atom stereocenters. The highest BCUT2D eigenvalue weighted by molar-refractivity contribution is 9.10. The number of rotatable bonds is 2. The van der Waals surface area contributed by atoms with E-state index in [4.69, 9.17) is 4.74 Å². The maximum absolute atomic E-state index is 12.1. The third-order valence-electron chi connectivity index (χ3n) is 3.01. The Bertz CT molecular complexity index is 730. The summed E-state index contributed by atoms with van der Waals surface area (Å²) in [5, 5.41) is 0. The topological polar surface area (TPSA) is 43.4 Å². The van der Waals surface area contributed by atoms with Gasteiger partial charge < -0.3 is 4.74 Å². The van der Waals surface area contributed by atoms with Crippen LogP contribution in [0.3, 0.4) is 0 Å². The van der Waals surface area contributed by atoms with Crippen LogP contribution in [-0.4, -0.2) is 11.8 Å². The highest BCUT2D eigenvalue weighted by atomic mass is 79.9. The molecule has 0 fully saturated rings. The van der Waals surface area contributed by atoms with Crippen LogP contribution in [0.2, 0.25) is 0 Å². The van der Waals surface area contributed by atoms with Crippen LogP contribution in [0.4, 0.5) is 0 Å². The number of cyclic esters (lactones) is 1. The third kappa shape index (κ3) is 2.30. The van der Waals surface area contributed by atoms with Crippen molar-refractivity contribution >= 4 is 33.4 Å². The molecule has 0 bridgehead atoms. The molecule has 1 aliphatic heterocycles. The smallest absolute Gasteiger partial charge is 0.344 e. The van der Waals surface area contributed by atoms with Crippen LogP contribution >= 0.6 is 15.9 Å². The summed E-state index contributed by atoms with van der Waals surface area (Å²) in [4.78, 5) is 23.8. The second-order valence-corrected chi connectivity index (χ2v) is 5.23. The van der Waals surface area contributed by atoms with E-state index in [1.807, 2.05) is 0 Å². The second-order valence-electron chi connectivity index (χ2n) is 4.31. The first kappa shape index (κ1) is 12.8. The summed E-state index contributed by atoms with van der Waals surface area (Å²) >= 11 is 3.32. The number of esters is 1. The normalized spacial score (nSPS) is 15.1. The molecule has 1 aliphatic rings. The lowest BCUT2D eigenvalue weighted by atomic mass is 10.1. The van der Waals surface area contributed by atoms with Gasteiger partial charge in [0.15, 0.2) is 5.78 Å². The lowest BCUT2D eigenvalue weighted by Gasteiger charge is -1.99. The van der Waals surface area contributed by atoms with Gasteiger partial charge in [-0.05, 0) is 30.3 Å². The number of hydrogen-bond acceptors (Lipinski definition) is 3. The van der Waals surface area contributed by atoms with Gasteiger partial charge in [0.25, 0.3) is 0 Å². The van der Waals surface area contributed by atoms with Crippen molar-refractivity contribution < 1.29 is 14.3 Å².